The van der Waals surface area contributed by atoms with Crippen molar-refractivity contribution >= 4 is 22.9 Å². The van der Waals surface area contributed by atoms with Gasteiger partial charge < -0.3 is 9.64 Å². The maximum atomic E-state index is 13.7. The average molecular weight is 327 g/mol. The first-order valence-electron chi connectivity index (χ1n) is 8.26. The molecule has 3 heterocycles. The maximum absolute atomic E-state index is 13.7. The van der Waals surface area contributed by atoms with Crippen molar-refractivity contribution in [1.29, 1.82) is 0 Å². The van der Waals surface area contributed by atoms with Crippen molar-refractivity contribution in [1.82, 2.24) is 0 Å². The molecule has 4 rings (SSSR count). The Morgan fingerprint density at radius 3 is 2.74 bits per heavy atom. The molecular formula is C19H21NO2S. The van der Waals surface area contributed by atoms with Crippen molar-refractivity contribution in [3.63, 3.8) is 0 Å². The Hall–Kier alpha value is -1.65. The standard InChI is InChI=1S/C19H21NO2S/c1-14-13-15-5-2-3-6-16(15)20(14)18(21)19(8-10-22-11-9-19)17-7-4-12-23-17/h2-7,12,14H,8-11,13H2,1H3/t14-/m0/s1. The molecule has 1 aromatic carbocycles. The van der Waals surface area contributed by atoms with Crippen molar-refractivity contribution in [2.75, 3.05) is 18.1 Å². The number of para-hydroxylation sites is 1. The van der Waals surface area contributed by atoms with Crippen LogP contribution in [0.1, 0.15) is 30.2 Å². The zero-order valence-electron chi connectivity index (χ0n) is 13.3. The van der Waals surface area contributed by atoms with Crippen molar-refractivity contribution in [2.24, 2.45) is 0 Å². The van der Waals surface area contributed by atoms with Crippen LogP contribution in [0.25, 0.3) is 0 Å². The fourth-order valence-electron chi connectivity index (χ4n) is 3.94. The number of fused-ring (bicyclic) bond motifs is 1. The highest BCUT2D eigenvalue weighted by atomic mass is 32.1. The molecule has 2 aromatic rings. The summed E-state index contributed by atoms with van der Waals surface area (Å²) in [5, 5.41) is 2.07. The number of ether oxygens (including phenoxy) is 1. The van der Waals surface area contributed by atoms with Gasteiger partial charge >= 0.3 is 0 Å². The van der Waals surface area contributed by atoms with Crippen molar-refractivity contribution in [3.05, 3.63) is 52.2 Å². The van der Waals surface area contributed by atoms with Gasteiger partial charge in [-0.3, -0.25) is 4.79 Å². The highest BCUT2D eigenvalue weighted by molar-refractivity contribution is 7.10. The molecule has 0 bridgehead atoms. The van der Waals surface area contributed by atoms with Gasteiger partial charge in [0.2, 0.25) is 5.91 Å². The molecule has 2 aliphatic rings. The summed E-state index contributed by atoms with van der Waals surface area (Å²) < 4.78 is 5.57. The van der Waals surface area contributed by atoms with Crippen LogP contribution in [0.5, 0.6) is 0 Å². The first kappa shape index (κ1) is 14.9. The second kappa shape index (κ2) is 5.77. The van der Waals surface area contributed by atoms with Gasteiger partial charge in [0.25, 0.3) is 0 Å². The zero-order valence-corrected chi connectivity index (χ0v) is 14.1. The predicted molar refractivity (Wildman–Crippen MR) is 93.1 cm³/mol. The predicted octanol–water partition coefficient (Wildman–Crippen LogP) is 3.77. The van der Waals surface area contributed by atoms with E-state index in [-0.39, 0.29) is 11.9 Å². The van der Waals surface area contributed by atoms with Crippen LogP contribution < -0.4 is 4.90 Å². The molecule has 0 unspecified atom stereocenters. The summed E-state index contributed by atoms with van der Waals surface area (Å²) in [4.78, 5) is 16.9. The van der Waals surface area contributed by atoms with Gasteiger partial charge in [0.05, 0.1) is 5.41 Å². The molecule has 4 heteroatoms. The number of rotatable bonds is 2. The number of thiophene rings is 1. The van der Waals surface area contributed by atoms with Gasteiger partial charge in [-0.1, -0.05) is 24.3 Å². The summed E-state index contributed by atoms with van der Waals surface area (Å²) >= 11 is 1.69. The van der Waals surface area contributed by atoms with Gasteiger partial charge in [-0.05, 0) is 49.3 Å². The molecule has 120 valence electrons. The van der Waals surface area contributed by atoms with E-state index in [4.69, 9.17) is 4.74 Å². The number of carbonyl (C=O) groups is 1. The summed E-state index contributed by atoms with van der Waals surface area (Å²) in [5.74, 6) is 0.251. The Balaban J connectivity index is 1.77. The highest BCUT2D eigenvalue weighted by Gasteiger charge is 2.47. The molecule has 0 aliphatic carbocycles. The molecule has 0 saturated carbocycles. The van der Waals surface area contributed by atoms with Crippen LogP contribution in [0.2, 0.25) is 0 Å². The van der Waals surface area contributed by atoms with E-state index in [1.165, 1.54) is 10.4 Å². The van der Waals surface area contributed by atoms with Crippen LogP contribution in [0.15, 0.2) is 41.8 Å². The molecule has 0 spiro atoms. The number of carbonyl (C=O) groups excluding carboxylic acids is 1. The Bertz CT molecular complexity index is 704. The number of amides is 1. The molecule has 1 atom stereocenters. The normalized spacial score (nSPS) is 22.8. The maximum Gasteiger partial charge on any atom is 0.238 e. The molecule has 1 aromatic heterocycles. The fourth-order valence-corrected chi connectivity index (χ4v) is 4.92. The summed E-state index contributed by atoms with van der Waals surface area (Å²) in [7, 11) is 0. The number of benzene rings is 1. The third-order valence-corrected chi connectivity index (χ3v) is 6.25. The van der Waals surface area contributed by atoms with Gasteiger partial charge in [-0.2, -0.15) is 0 Å². The number of hydrogen-bond donors (Lipinski definition) is 0. The van der Waals surface area contributed by atoms with Crippen LogP contribution >= 0.6 is 11.3 Å². The lowest BCUT2D eigenvalue weighted by atomic mass is 9.77. The number of hydrogen-bond acceptors (Lipinski definition) is 3. The minimum atomic E-state index is -0.419. The van der Waals surface area contributed by atoms with Crippen molar-refractivity contribution in [3.8, 4) is 0 Å². The quantitative estimate of drug-likeness (QED) is 0.840. The van der Waals surface area contributed by atoms with Crippen molar-refractivity contribution < 1.29 is 9.53 Å². The molecule has 1 amide bonds. The SMILES string of the molecule is C[C@H]1Cc2ccccc2N1C(=O)C1(c2cccs2)CCOCC1. The number of nitrogens with zero attached hydrogens (tertiary/aromatic N) is 1. The topological polar surface area (TPSA) is 29.5 Å². The van der Waals surface area contributed by atoms with E-state index >= 15 is 0 Å². The Kier molecular flexibility index (Phi) is 3.74. The Labute approximate surface area is 140 Å². The van der Waals surface area contributed by atoms with Gasteiger partial charge in [0.15, 0.2) is 0 Å². The Morgan fingerprint density at radius 2 is 2.00 bits per heavy atom. The molecule has 0 N–H and O–H groups in total. The third kappa shape index (κ3) is 2.32. The van der Waals surface area contributed by atoms with Crippen LogP contribution in [0.4, 0.5) is 5.69 Å². The van der Waals surface area contributed by atoms with Crippen LogP contribution in [-0.4, -0.2) is 25.2 Å². The summed E-state index contributed by atoms with van der Waals surface area (Å²) in [5.41, 5.74) is 1.95. The van der Waals surface area contributed by atoms with E-state index in [9.17, 15) is 4.79 Å². The minimum absolute atomic E-state index is 0.222. The monoisotopic (exact) mass is 327 g/mol. The van der Waals surface area contributed by atoms with E-state index in [0.29, 0.717) is 13.2 Å². The molecule has 23 heavy (non-hydrogen) atoms. The molecule has 1 fully saturated rings. The molecular weight excluding hydrogens is 306 g/mol. The zero-order chi connectivity index (χ0) is 15.9. The second-order valence-corrected chi connectivity index (χ2v) is 7.48. The van der Waals surface area contributed by atoms with E-state index in [2.05, 4.69) is 36.6 Å². The molecule has 2 aliphatic heterocycles. The van der Waals surface area contributed by atoms with Crippen LogP contribution in [-0.2, 0) is 21.4 Å². The van der Waals surface area contributed by atoms with Crippen molar-refractivity contribution in [2.45, 2.75) is 37.6 Å². The van der Waals surface area contributed by atoms with Gasteiger partial charge in [-0.25, -0.2) is 0 Å². The average Bonchev–Trinajstić information content (AvgIpc) is 3.22. The summed E-state index contributed by atoms with van der Waals surface area (Å²) in [6.07, 6.45) is 2.49. The summed E-state index contributed by atoms with van der Waals surface area (Å²) in [6.45, 7) is 3.47. The van der Waals surface area contributed by atoms with Gasteiger partial charge in [0.1, 0.15) is 0 Å². The van der Waals surface area contributed by atoms with Crippen LogP contribution in [0.3, 0.4) is 0 Å². The van der Waals surface area contributed by atoms with E-state index < -0.39 is 5.41 Å². The third-order valence-electron chi connectivity index (χ3n) is 5.17. The highest BCUT2D eigenvalue weighted by Crippen LogP contribution is 2.43. The Morgan fingerprint density at radius 1 is 1.22 bits per heavy atom. The first-order valence-corrected chi connectivity index (χ1v) is 9.14. The largest absolute Gasteiger partial charge is 0.381 e. The minimum Gasteiger partial charge on any atom is -0.381 e. The van der Waals surface area contributed by atoms with Gasteiger partial charge in [-0.15, -0.1) is 11.3 Å². The fraction of sp³-hybridized carbons (Fsp3) is 0.421. The van der Waals surface area contributed by atoms with E-state index in [0.717, 1.165) is 24.9 Å². The van der Waals surface area contributed by atoms with E-state index in [1.54, 1.807) is 11.3 Å². The van der Waals surface area contributed by atoms with Gasteiger partial charge in [0, 0.05) is 29.8 Å². The lowest BCUT2D eigenvalue weighted by Gasteiger charge is -2.39. The lowest BCUT2D eigenvalue weighted by molar-refractivity contribution is -0.127. The molecule has 3 nitrogen and oxygen atoms in total. The summed E-state index contributed by atoms with van der Waals surface area (Å²) in [6, 6.07) is 12.7. The second-order valence-electron chi connectivity index (χ2n) is 6.53. The van der Waals surface area contributed by atoms with Crippen LogP contribution in [0, 0.1) is 0 Å². The molecule has 1 saturated heterocycles. The lowest BCUT2D eigenvalue weighted by Crippen LogP contribution is -2.51. The first-order chi connectivity index (χ1) is 11.2. The van der Waals surface area contributed by atoms with E-state index in [1.807, 2.05) is 17.0 Å². The number of anilines is 1. The smallest absolute Gasteiger partial charge is 0.238 e. The molecule has 0 radical (unpaired) electrons.